The summed E-state index contributed by atoms with van der Waals surface area (Å²) in [4.78, 5) is 2.37. The van der Waals surface area contributed by atoms with Crippen LogP contribution in [0.1, 0.15) is 19.3 Å². The van der Waals surface area contributed by atoms with Crippen molar-refractivity contribution < 1.29 is 5.11 Å². The first kappa shape index (κ1) is 11.7. The zero-order valence-electron chi connectivity index (χ0n) is 9.54. The normalized spacial score (nSPS) is 31.0. The van der Waals surface area contributed by atoms with E-state index >= 15 is 0 Å². The van der Waals surface area contributed by atoms with Gasteiger partial charge in [0.05, 0.1) is 5.60 Å². The Morgan fingerprint density at radius 2 is 2.20 bits per heavy atom. The van der Waals surface area contributed by atoms with Crippen molar-refractivity contribution in [3.05, 3.63) is 0 Å². The molecule has 1 atom stereocenters. The predicted molar refractivity (Wildman–Crippen MR) is 65.4 cm³/mol. The molecule has 0 aromatic heterocycles. The number of hydrogen-bond donors (Lipinski definition) is 2. The summed E-state index contributed by atoms with van der Waals surface area (Å²) in [6, 6.07) is 0.689. The van der Waals surface area contributed by atoms with Gasteiger partial charge in [0.2, 0.25) is 0 Å². The van der Waals surface area contributed by atoms with Gasteiger partial charge in [-0.3, -0.25) is 4.90 Å². The van der Waals surface area contributed by atoms with Crippen LogP contribution in [0.5, 0.6) is 0 Å². The first-order valence-corrected chi connectivity index (χ1v) is 7.06. The molecule has 2 heterocycles. The van der Waals surface area contributed by atoms with E-state index in [0.29, 0.717) is 6.04 Å². The maximum Gasteiger partial charge on any atom is 0.0798 e. The van der Waals surface area contributed by atoms with Crippen LogP contribution in [0.15, 0.2) is 0 Å². The van der Waals surface area contributed by atoms with Crippen LogP contribution in [0.4, 0.5) is 0 Å². The summed E-state index contributed by atoms with van der Waals surface area (Å²) in [7, 11) is 2.16. The molecular weight excluding hydrogens is 208 g/mol. The first-order chi connectivity index (χ1) is 7.20. The third-order valence-corrected chi connectivity index (χ3v) is 4.75. The van der Waals surface area contributed by atoms with Gasteiger partial charge in [0.25, 0.3) is 0 Å². The second kappa shape index (κ2) is 5.04. The van der Waals surface area contributed by atoms with Crippen LogP contribution in [0.3, 0.4) is 0 Å². The molecule has 88 valence electrons. The van der Waals surface area contributed by atoms with E-state index in [9.17, 15) is 5.11 Å². The fourth-order valence-electron chi connectivity index (χ4n) is 2.51. The van der Waals surface area contributed by atoms with E-state index in [1.807, 2.05) is 11.8 Å². The Balaban J connectivity index is 1.83. The van der Waals surface area contributed by atoms with Gasteiger partial charge in [0.1, 0.15) is 0 Å². The Bertz CT molecular complexity index is 201. The van der Waals surface area contributed by atoms with Crippen LogP contribution >= 0.6 is 11.8 Å². The number of hydrogen-bond acceptors (Lipinski definition) is 4. The second-order valence-corrected chi connectivity index (χ2v) is 6.06. The van der Waals surface area contributed by atoms with E-state index in [0.717, 1.165) is 32.5 Å². The lowest BCUT2D eigenvalue weighted by atomic mass is 9.91. The molecule has 1 unspecified atom stereocenters. The smallest absolute Gasteiger partial charge is 0.0798 e. The lowest BCUT2D eigenvalue weighted by molar-refractivity contribution is -0.0218. The van der Waals surface area contributed by atoms with Crippen molar-refractivity contribution in [2.75, 3.05) is 38.2 Å². The SMILES string of the molecule is CN(CC1(O)CCNCC1)C1CCSC1. The maximum absolute atomic E-state index is 10.4. The molecule has 0 amide bonds. The van der Waals surface area contributed by atoms with E-state index < -0.39 is 5.60 Å². The number of rotatable bonds is 3. The number of nitrogens with zero attached hydrogens (tertiary/aromatic N) is 1. The Hall–Kier alpha value is 0.230. The molecule has 0 aliphatic carbocycles. The molecule has 0 aromatic rings. The number of likely N-dealkylation sites (N-methyl/N-ethyl adjacent to an activating group) is 1. The Morgan fingerprint density at radius 3 is 2.80 bits per heavy atom. The lowest BCUT2D eigenvalue weighted by Gasteiger charge is -2.37. The van der Waals surface area contributed by atoms with Gasteiger partial charge in [-0.1, -0.05) is 0 Å². The Morgan fingerprint density at radius 1 is 1.47 bits per heavy atom. The van der Waals surface area contributed by atoms with Gasteiger partial charge < -0.3 is 10.4 Å². The minimum Gasteiger partial charge on any atom is -0.388 e. The summed E-state index contributed by atoms with van der Waals surface area (Å²) in [6.45, 7) is 2.77. The predicted octanol–water partition coefficient (Wildman–Crippen LogP) is 0.538. The van der Waals surface area contributed by atoms with Crippen LogP contribution in [0, 0.1) is 0 Å². The van der Waals surface area contributed by atoms with Crippen LogP contribution in [-0.4, -0.2) is 59.8 Å². The van der Waals surface area contributed by atoms with Crippen molar-refractivity contribution in [1.29, 1.82) is 0 Å². The molecule has 3 nitrogen and oxygen atoms in total. The highest BCUT2D eigenvalue weighted by Gasteiger charge is 2.32. The van der Waals surface area contributed by atoms with E-state index in [-0.39, 0.29) is 0 Å². The minimum absolute atomic E-state index is 0.437. The van der Waals surface area contributed by atoms with E-state index in [1.165, 1.54) is 17.9 Å². The van der Waals surface area contributed by atoms with Crippen molar-refractivity contribution in [2.45, 2.75) is 30.9 Å². The highest BCUT2D eigenvalue weighted by molar-refractivity contribution is 7.99. The van der Waals surface area contributed by atoms with Gasteiger partial charge in [0, 0.05) is 18.3 Å². The molecule has 0 aromatic carbocycles. The van der Waals surface area contributed by atoms with E-state index in [2.05, 4.69) is 17.3 Å². The molecule has 0 radical (unpaired) electrons. The average molecular weight is 230 g/mol. The van der Waals surface area contributed by atoms with Gasteiger partial charge in [-0.05, 0) is 45.2 Å². The molecule has 4 heteroatoms. The zero-order valence-corrected chi connectivity index (χ0v) is 10.4. The van der Waals surface area contributed by atoms with Gasteiger partial charge in [0.15, 0.2) is 0 Å². The summed E-state index contributed by atoms with van der Waals surface area (Å²) in [6.07, 6.45) is 3.09. The summed E-state index contributed by atoms with van der Waals surface area (Å²) >= 11 is 2.04. The Labute approximate surface area is 96.6 Å². The van der Waals surface area contributed by atoms with E-state index in [4.69, 9.17) is 0 Å². The largest absolute Gasteiger partial charge is 0.388 e. The zero-order chi connectivity index (χ0) is 10.7. The fourth-order valence-corrected chi connectivity index (χ4v) is 3.81. The van der Waals surface area contributed by atoms with Gasteiger partial charge in [-0.15, -0.1) is 0 Å². The number of piperidine rings is 1. The van der Waals surface area contributed by atoms with Crippen LogP contribution < -0.4 is 5.32 Å². The van der Waals surface area contributed by atoms with Crippen LogP contribution in [0.25, 0.3) is 0 Å². The van der Waals surface area contributed by atoms with Crippen molar-refractivity contribution >= 4 is 11.8 Å². The molecule has 0 spiro atoms. The number of aliphatic hydroxyl groups is 1. The van der Waals surface area contributed by atoms with E-state index in [1.54, 1.807) is 0 Å². The molecule has 2 fully saturated rings. The number of thioether (sulfide) groups is 1. The summed E-state index contributed by atoms with van der Waals surface area (Å²) in [5.41, 5.74) is -0.437. The second-order valence-electron chi connectivity index (χ2n) is 4.91. The third kappa shape index (κ3) is 3.09. The summed E-state index contributed by atoms with van der Waals surface area (Å²) in [5, 5.41) is 13.7. The van der Waals surface area contributed by atoms with Crippen molar-refractivity contribution in [3.63, 3.8) is 0 Å². The highest BCUT2D eigenvalue weighted by atomic mass is 32.2. The fraction of sp³-hybridized carbons (Fsp3) is 1.00. The first-order valence-electron chi connectivity index (χ1n) is 5.91. The molecule has 2 N–H and O–H groups in total. The molecular formula is C11H22N2OS. The Kier molecular flexibility index (Phi) is 3.93. The van der Waals surface area contributed by atoms with Gasteiger partial charge in [-0.2, -0.15) is 11.8 Å². The molecule has 2 rings (SSSR count). The maximum atomic E-state index is 10.4. The lowest BCUT2D eigenvalue weighted by Crippen LogP contribution is -2.51. The molecule has 0 bridgehead atoms. The van der Waals surface area contributed by atoms with Gasteiger partial charge >= 0.3 is 0 Å². The van der Waals surface area contributed by atoms with Crippen LogP contribution in [-0.2, 0) is 0 Å². The monoisotopic (exact) mass is 230 g/mol. The van der Waals surface area contributed by atoms with Crippen molar-refractivity contribution in [3.8, 4) is 0 Å². The van der Waals surface area contributed by atoms with Crippen molar-refractivity contribution in [1.82, 2.24) is 10.2 Å². The number of nitrogens with one attached hydrogen (secondary N) is 1. The minimum atomic E-state index is -0.437. The average Bonchev–Trinajstić information content (AvgIpc) is 2.70. The molecule has 15 heavy (non-hydrogen) atoms. The summed E-state index contributed by atoms with van der Waals surface area (Å²) < 4.78 is 0. The quantitative estimate of drug-likeness (QED) is 0.742. The molecule has 2 aliphatic rings. The van der Waals surface area contributed by atoms with Crippen molar-refractivity contribution in [2.24, 2.45) is 0 Å². The molecule has 2 aliphatic heterocycles. The molecule has 0 saturated carbocycles. The van der Waals surface area contributed by atoms with Gasteiger partial charge in [-0.25, -0.2) is 0 Å². The highest BCUT2D eigenvalue weighted by Crippen LogP contribution is 2.25. The third-order valence-electron chi connectivity index (χ3n) is 3.61. The topological polar surface area (TPSA) is 35.5 Å². The summed E-state index contributed by atoms with van der Waals surface area (Å²) in [5.74, 6) is 2.53. The molecule has 2 saturated heterocycles. The van der Waals surface area contributed by atoms with Crippen LogP contribution in [0.2, 0.25) is 0 Å². The standard InChI is InChI=1S/C11H22N2OS/c1-13(10-2-7-15-8-10)9-11(14)3-5-12-6-4-11/h10,12,14H,2-9H2,1H3.